The second kappa shape index (κ2) is 8.75. The van der Waals surface area contributed by atoms with E-state index >= 15 is 0 Å². The number of pyridine rings is 1. The molecule has 0 saturated carbocycles. The summed E-state index contributed by atoms with van der Waals surface area (Å²) in [7, 11) is 0. The topological polar surface area (TPSA) is 68.5 Å². The molecule has 3 aromatic heterocycles. The predicted molar refractivity (Wildman–Crippen MR) is 117 cm³/mol. The number of anilines is 1. The first-order valence-electron chi connectivity index (χ1n) is 10.3. The summed E-state index contributed by atoms with van der Waals surface area (Å²) in [6, 6.07) is 10.2. The first kappa shape index (κ1) is 20.8. The average Bonchev–Trinajstić information content (AvgIpc) is 3.11. The number of nitrogens with one attached hydrogen (secondary N) is 1. The third kappa shape index (κ3) is 4.38. The second-order valence-corrected chi connectivity index (χ2v) is 7.88. The Morgan fingerprint density at radius 2 is 1.87 bits per heavy atom. The molecular weight excluding hydrogens is 398 g/mol. The van der Waals surface area contributed by atoms with Crippen LogP contribution < -0.4 is 5.32 Å². The van der Waals surface area contributed by atoms with Gasteiger partial charge in [-0.3, -0.25) is 0 Å². The van der Waals surface area contributed by atoms with Crippen LogP contribution in [-0.2, 0) is 6.54 Å². The molecular formula is C23H24F2N6. The average molecular weight is 422 g/mol. The molecule has 1 aromatic carbocycles. The molecule has 0 bridgehead atoms. The fraction of sp³-hybridized carbons (Fsp3) is 0.304. The Balaban J connectivity index is 1.76. The first-order valence-corrected chi connectivity index (χ1v) is 10.3. The molecule has 0 aliphatic heterocycles. The van der Waals surface area contributed by atoms with Gasteiger partial charge in [-0.15, -0.1) is 0 Å². The zero-order valence-electron chi connectivity index (χ0n) is 17.7. The van der Waals surface area contributed by atoms with Crippen molar-refractivity contribution < 1.29 is 8.78 Å². The summed E-state index contributed by atoms with van der Waals surface area (Å²) in [4.78, 5) is 13.2. The van der Waals surface area contributed by atoms with E-state index in [-0.39, 0.29) is 23.9 Å². The fourth-order valence-corrected chi connectivity index (χ4v) is 3.33. The lowest BCUT2D eigenvalue weighted by molar-refractivity contribution is 0.587. The zero-order valence-corrected chi connectivity index (χ0v) is 17.7. The van der Waals surface area contributed by atoms with E-state index in [9.17, 15) is 8.78 Å². The van der Waals surface area contributed by atoms with Crippen molar-refractivity contribution in [1.29, 1.82) is 0 Å². The maximum absolute atomic E-state index is 14.6. The van der Waals surface area contributed by atoms with Crippen LogP contribution in [0.25, 0.3) is 22.6 Å². The lowest BCUT2D eigenvalue weighted by atomic mass is 10.1. The summed E-state index contributed by atoms with van der Waals surface area (Å²) >= 11 is 0. The van der Waals surface area contributed by atoms with Crippen LogP contribution in [0, 0.1) is 24.5 Å². The van der Waals surface area contributed by atoms with Crippen molar-refractivity contribution in [2.24, 2.45) is 5.92 Å². The zero-order chi connectivity index (χ0) is 22.0. The number of rotatable bonds is 7. The van der Waals surface area contributed by atoms with Crippen molar-refractivity contribution >= 4 is 16.9 Å². The quantitative estimate of drug-likeness (QED) is 0.455. The van der Waals surface area contributed by atoms with E-state index in [4.69, 9.17) is 0 Å². The van der Waals surface area contributed by atoms with Gasteiger partial charge >= 0.3 is 0 Å². The molecule has 0 amide bonds. The number of hydrogen-bond acceptors (Lipinski definition) is 5. The molecule has 4 aromatic rings. The summed E-state index contributed by atoms with van der Waals surface area (Å²) in [5.74, 6) is 0.164. The first-order chi connectivity index (χ1) is 14.9. The number of halogens is 2. The van der Waals surface area contributed by atoms with Gasteiger partial charge < -0.3 is 5.32 Å². The third-order valence-electron chi connectivity index (χ3n) is 5.03. The van der Waals surface area contributed by atoms with Crippen molar-refractivity contribution in [1.82, 2.24) is 24.7 Å². The lowest BCUT2D eigenvalue weighted by Gasteiger charge is -2.10. The number of aryl methyl sites for hydroxylation is 1. The molecule has 1 N–H and O–H groups in total. The van der Waals surface area contributed by atoms with Crippen LogP contribution >= 0.6 is 0 Å². The molecule has 8 heteroatoms. The van der Waals surface area contributed by atoms with Gasteiger partial charge in [0.05, 0.1) is 17.6 Å². The summed E-state index contributed by atoms with van der Waals surface area (Å²) in [6.07, 6.45) is 2.54. The smallest absolute Gasteiger partial charge is 0.186 e. The van der Waals surface area contributed by atoms with E-state index in [1.165, 1.54) is 6.07 Å². The summed E-state index contributed by atoms with van der Waals surface area (Å²) in [6.45, 7) is 6.63. The van der Waals surface area contributed by atoms with Crippen molar-refractivity contribution in [3.63, 3.8) is 0 Å². The minimum atomic E-state index is -0.472. The Labute approximate surface area is 179 Å². The minimum absolute atomic E-state index is 0.156. The van der Waals surface area contributed by atoms with Gasteiger partial charge in [-0.25, -0.2) is 28.4 Å². The number of hydrogen-bond donors (Lipinski definition) is 1. The third-order valence-corrected chi connectivity index (χ3v) is 5.03. The van der Waals surface area contributed by atoms with Gasteiger partial charge in [-0.2, -0.15) is 5.10 Å². The van der Waals surface area contributed by atoms with Crippen LogP contribution in [0.5, 0.6) is 0 Å². The SMILES string of the molecule is Cc1nc(-c2nn(Cc3ccccc3F)c3ncccc23)nc(NCCC(C)C)c1F. The summed E-state index contributed by atoms with van der Waals surface area (Å²) < 4.78 is 30.4. The van der Waals surface area contributed by atoms with Crippen LogP contribution in [-0.4, -0.2) is 31.3 Å². The normalized spacial score (nSPS) is 11.4. The van der Waals surface area contributed by atoms with E-state index in [2.05, 4.69) is 39.2 Å². The van der Waals surface area contributed by atoms with Crippen LogP contribution in [0.2, 0.25) is 0 Å². The molecule has 3 heterocycles. The summed E-state index contributed by atoms with van der Waals surface area (Å²) in [5, 5.41) is 8.42. The molecule has 0 unspecified atom stereocenters. The molecule has 0 fully saturated rings. The standard InChI is InChI=1S/C23H24F2N6/c1-14(2)10-12-26-21-19(25)15(3)28-22(29-21)20-17-8-6-11-27-23(17)31(30-20)13-16-7-4-5-9-18(16)24/h4-9,11,14H,10,12-13H2,1-3H3,(H,26,28,29). The van der Waals surface area contributed by atoms with Crippen LogP contribution in [0.1, 0.15) is 31.5 Å². The fourth-order valence-electron chi connectivity index (χ4n) is 3.33. The molecule has 0 radical (unpaired) electrons. The molecule has 0 aliphatic rings. The van der Waals surface area contributed by atoms with Crippen molar-refractivity contribution in [2.45, 2.75) is 33.7 Å². The highest BCUT2D eigenvalue weighted by Crippen LogP contribution is 2.27. The van der Waals surface area contributed by atoms with Gasteiger partial charge in [-0.1, -0.05) is 32.0 Å². The Morgan fingerprint density at radius 3 is 2.65 bits per heavy atom. The van der Waals surface area contributed by atoms with Crippen molar-refractivity contribution in [3.8, 4) is 11.5 Å². The van der Waals surface area contributed by atoms with Gasteiger partial charge in [0.2, 0.25) is 0 Å². The van der Waals surface area contributed by atoms with Gasteiger partial charge in [0.1, 0.15) is 11.5 Å². The second-order valence-electron chi connectivity index (χ2n) is 7.88. The van der Waals surface area contributed by atoms with Crippen LogP contribution in [0.4, 0.5) is 14.6 Å². The molecule has 0 saturated heterocycles. The molecule has 160 valence electrons. The number of benzene rings is 1. The molecule has 4 rings (SSSR count). The predicted octanol–water partition coefficient (Wildman–Crippen LogP) is 4.98. The largest absolute Gasteiger partial charge is 0.368 e. The monoisotopic (exact) mass is 422 g/mol. The number of fused-ring (bicyclic) bond motifs is 1. The highest BCUT2D eigenvalue weighted by atomic mass is 19.1. The molecule has 31 heavy (non-hydrogen) atoms. The molecule has 0 aliphatic carbocycles. The summed E-state index contributed by atoms with van der Waals surface area (Å²) in [5.41, 5.74) is 1.80. The Bertz CT molecular complexity index is 1220. The Kier molecular flexibility index (Phi) is 5.88. The molecule has 6 nitrogen and oxygen atoms in total. The van der Waals surface area contributed by atoms with E-state index in [1.807, 2.05) is 6.07 Å². The van der Waals surface area contributed by atoms with Gasteiger partial charge in [-0.05, 0) is 37.5 Å². The van der Waals surface area contributed by atoms with Gasteiger partial charge in [0.15, 0.2) is 23.1 Å². The van der Waals surface area contributed by atoms with E-state index < -0.39 is 5.82 Å². The Hall–Kier alpha value is -3.42. The van der Waals surface area contributed by atoms with Gasteiger partial charge in [0.25, 0.3) is 0 Å². The Morgan fingerprint density at radius 1 is 1.06 bits per heavy atom. The molecule has 0 spiro atoms. The number of nitrogens with zero attached hydrogens (tertiary/aromatic N) is 5. The molecule has 0 atom stereocenters. The van der Waals surface area contributed by atoms with E-state index in [0.29, 0.717) is 35.2 Å². The van der Waals surface area contributed by atoms with Gasteiger partial charge in [0, 0.05) is 18.3 Å². The maximum atomic E-state index is 14.6. The van der Waals surface area contributed by atoms with Crippen LogP contribution in [0.15, 0.2) is 42.6 Å². The highest BCUT2D eigenvalue weighted by molar-refractivity contribution is 5.89. The van der Waals surface area contributed by atoms with Crippen LogP contribution in [0.3, 0.4) is 0 Å². The van der Waals surface area contributed by atoms with E-state index in [1.54, 1.807) is 42.1 Å². The highest BCUT2D eigenvalue weighted by Gasteiger charge is 2.19. The lowest BCUT2D eigenvalue weighted by Crippen LogP contribution is -2.11. The minimum Gasteiger partial charge on any atom is -0.368 e. The maximum Gasteiger partial charge on any atom is 0.186 e. The van der Waals surface area contributed by atoms with Crippen molar-refractivity contribution in [2.75, 3.05) is 11.9 Å². The number of aromatic nitrogens is 5. The van der Waals surface area contributed by atoms with Crippen molar-refractivity contribution in [3.05, 3.63) is 65.5 Å². The van der Waals surface area contributed by atoms with E-state index in [0.717, 1.165) is 11.8 Å².